The summed E-state index contributed by atoms with van der Waals surface area (Å²) in [6.45, 7) is 0. The molecular weight excluding hydrogens is 148 g/mol. The van der Waals surface area contributed by atoms with Gasteiger partial charge in [-0.3, -0.25) is 0 Å². The van der Waals surface area contributed by atoms with E-state index in [-0.39, 0.29) is 5.69 Å². The molecular formula is C5H3N2O2Si. The van der Waals surface area contributed by atoms with Gasteiger partial charge in [-0.2, -0.15) is 0 Å². The zero-order valence-corrected chi connectivity index (χ0v) is 5.94. The first kappa shape index (κ1) is 6.88. The van der Waals surface area contributed by atoms with E-state index in [1.54, 1.807) is 0 Å². The second-order valence-electron chi connectivity index (χ2n) is 1.48. The molecule has 0 saturated carbocycles. The summed E-state index contributed by atoms with van der Waals surface area (Å²) >= 11 is 0. The lowest BCUT2D eigenvalue weighted by atomic mass is 10.4. The van der Waals surface area contributed by atoms with Gasteiger partial charge in [0.15, 0.2) is 0 Å². The molecule has 0 bridgehead atoms. The van der Waals surface area contributed by atoms with Gasteiger partial charge in [-0.15, -0.1) is 0 Å². The Hall–Kier alpha value is -1.23. The summed E-state index contributed by atoms with van der Waals surface area (Å²) in [6.07, 6.45) is 2.74. The van der Waals surface area contributed by atoms with Crippen molar-refractivity contribution in [3.05, 3.63) is 24.3 Å². The van der Waals surface area contributed by atoms with Gasteiger partial charge in [0.05, 0.1) is 0 Å². The van der Waals surface area contributed by atoms with Crippen molar-refractivity contribution in [3.63, 3.8) is 0 Å². The van der Waals surface area contributed by atoms with Crippen molar-refractivity contribution in [1.29, 1.82) is 0 Å². The molecule has 10 heavy (non-hydrogen) atoms. The highest BCUT2D eigenvalue weighted by Gasteiger charge is 2.03. The van der Waals surface area contributed by atoms with Crippen LogP contribution >= 0.6 is 0 Å². The first-order valence-corrected chi connectivity index (χ1v) is 2.89. The van der Waals surface area contributed by atoms with E-state index in [4.69, 9.17) is 0 Å². The highest BCUT2D eigenvalue weighted by Crippen LogP contribution is 1.91. The molecule has 0 N–H and O–H groups in total. The van der Waals surface area contributed by atoms with Crippen LogP contribution in [-0.4, -0.2) is 26.4 Å². The van der Waals surface area contributed by atoms with Gasteiger partial charge in [0, 0.05) is 6.20 Å². The lowest BCUT2D eigenvalue weighted by Crippen LogP contribution is -2.04. The predicted molar refractivity (Wildman–Crippen MR) is 33.2 cm³/mol. The normalized spacial score (nSPS) is 8.90. The molecule has 1 aromatic rings. The third-order valence-electron chi connectivity index (χ3n) is 0.884. The second-order valence-corrected chi connectivity index (χ2v) is 1.69. The topological polar surface area (TPSA) is 52.1 Å². The smallest absolute Gasteiger partial charge is 0.345 e. The molecule has 0 atom stereocenters. The molecule has 0 aliphatic heterocycles. The van der Waals surface area contributed by atoms with E-state index in [2.05, 4.69) is 24.9 Å². The van der Waals surface area contributed by atoms with Crippen LogP contribution in [0.2, 0.25) is 0 Å². The van der Waals surface area contributed by atoms with Gasteiger partial charge >= 0.3 is 16.5 Å². The van der Waals surface area contributed by atoms with Gasteiger partial charge < -0.3 is 4.43 Å². The van der Waals surface area contributed by atoms with Gasteiger partial charge in [0.2, 0.25) is 0 Å². The number of aromatic nitrogens is 2. The molecule has 0 amide bonds. The van der Waals surface area contributed by atoms with Crippen LogP contribution in [0.25, 0.3) is 0 Å². The van der Waals surface area contributed by atoms with Crippen LogP contribution in [-0.2, 0) is 4.43 Å². The Morgan fingerprint density at radius 3 is 3.00 bits per heavy atom. The zero-order chi connectivity index (χ0) is 7.40. The van der Waals surface area contributed by atoms with Gasteiger partial charge in [0.1, 0.15) is 12.0 Å². The molecule has 49 valence electrons. The van der Waals surface area contributed by atoms with Crippen LogP contribution in [0.15, 0.2) is 18.6 Å². The molecule has 3 radical (unpaired) electrons. The average Bonchev–Trinajstić information content (AvgIpc) is 2.05. The van der Waals surface area contributed by atoms with Crippen LogP contribution in [0.1, 0.15) is 10.5 Å². The van der Waals surface area contributed by atoms with E-state index >= 15 is 0 Å². The number of carbonyl (C=O) groups excluding carboxylic acids is 1. The third-order valence-corrected chi connectivity index (χ3v) is 1.07. The summed E-state index contributed by atoms with van der Waals surface area (Å²) in [7, 11) is 2.59. The van der Waals surface area contributed by atoms with Crippen LogP contribution in [0, 0.1) is 0 Å². The molecule has 0 aliphatic carbocycles. The van der Waals surface area contributed by atoms with Crippen LogP contribution in [0.5, 0.6) is 0 Å². The maximum absolute atomic E-state index is 10.7. The largest absolute Gasteiger partial charge is 0.511 e. The Balaban J connectivity index is 2.85. The Labute approximate surface area is 60.8 Å². The summed E-state index contributed by atoms with van der Waals surface area (Å²) in [5.41, 5.74) is 0.227. The molecule has 5 heteroatoms. The van der Waals surface area contributed by atoms with Gasteiger partial charge in [0.25, 0.3) is 0 Å². The van der Waals surface area contributed by atoms with Crippen LogP contribution in [0.3, 0.4) is 0 Å². The van der Waals surface area contributed by atoms with E-state index in [0.717, 1.165) is 0 Å². The molecule has 1 heterocycles. The first-order valence-electron chi connectivity index (χ1n) is 2.48. The maximum atomic E-state index is 10.7. The number of hydrogen-bond acceptors (Lipinski definition) is 4. The molecule has 0 unspecified atom stereocenters. The van der Waals surface area contributed by atoms with Gasteiger partial charge in [-0.1, -0.05) is 0 Å². The summed E-state index contributed by atoms with van der Waals surface area (Å²) in [4.78, 5) is 17.9. The molecule has 0 saturated heterocycles. The SMILES string of the molecule is O=C(O[Si])c1ccncn1. The van der Waals surface area contributed by atoms with Crippen molar-refractivity contribution >= 4 is 16.5 Å². The van der Waals surface area contributed by atoms with Crippen molar-refractivity contribution < 1.29 is 9.22 Å². The van der Waals surface area contributed by atoms with E-state index in [9.17, 15) is 4.79 Å². The Morgan fingerprint density at radius 1 is 1.70 bits per heavy atom. The standard InChI is InChI=1S/C5H3N2O2Si/c8-5(9-10)4-1-2-6-3-7-4/h1-3H. The summed E-state index contributed by atoms with van der Waals surface area (Å²) in [5.74, 6) is -0.529. The molecule has 4 nitrogen and oxygen atoms in total. The quantitative estimate of drug-likeness (QED) is 0.518. The maximum Gasteiger partial charge on any atom is 0.345 e. The molecule has 0 aromatic carbocycles. The summed E-state index contributed by atoms with van der Waals surface area (Å²) < 4.78 is 4.21. The molecule has 0 aliphatic rings. The van der Waals surface area contributed by atoms with Gasteiger partial charge in [-0.05, 0) is 6.07 Å². The van der Waals surface area contributed by atoms with E-state index in [0.29, 0.717) is 0 Å². The van der Waals surface area contributed by atoms with Crippen molar-refractivity contribution in [3.8, 4) is 0 Å². The van der Waals surface area contributed by atoms with Crippen molar-refractivity contribution in [2.75, 3.05) is 0 Å². The molecule has 1 aromatic heterocycles. The molecule has 1 rings (SSSR count). The van der Waals surface area contributed by atoms with Crippen LogP contribution < -0.4 is 0 Å². The fourth-order valence-electron chi connectivity index (χ4n) is 0.464. The fraction of sp³-hybridized carbons (Fsp3) is 0. The van der Waals surface area contributed by atoms with E-state index in [1.807, 2.05) is 0 Å². The monoisotopic (exact) mass is 151 g/mol. The zero-order valence-electron chi connectivity index (χ0n) is 4.94. The highest BCUT2D eigenvalue weighted by atomic mass is 28.2. The summed E-state index contributed by atoms with van der Waals surface area (Å²) in [5, 5.41) is 0. The predicted octanol–water partition coefficient (Wildman–Crippen LogP) is -0.283. The minimum atomic E-state index is -0.529. The van der Waals surface area contributed by atoms with Crippen LogP contribution in [0.4, 0.5) is 0 Å². The second kappa shape index (κ2) is 3.07. The van der Waals surface area contributed by atoms with Crippen molar-refractivity contribution in [1.82, 2.24) is 9.97 Å². The van der Waals surface area contributed by atoms with Crippen molar-refractivity contribution in [2.24, 2.45) is 0 Å². The average molecular weight is 151 g/mol. The minimum absolute atomic E-state index is 0.227. The van der Waals surface area contributed by atoms with E-state index < -0.39 is 5.97 Å². The lowest BCUT2D eigenvalue weighted by molar-refractivity contribution is 0.0743. The Kier molecular flexibility index (Phi) is 2.11. The molecule has 0 fully saturated rings. The number of rotatable bonds is 1. The fourth-order valence-corrected chi connectivity index (χ4v) is 0.568. The Morgan fingerprint density at radius 2 is 2.50 bits per heavy atom. The van der Waals surface area contributed by atoms with E-state index in [1.165, 1.54) is 18.6 Å². The van der Waals surface area contributed by atoms with Crippen molar-refractivity contribution in [2.45, 2.75) is 0 Å². The minimum Gasteiger partial charge on any atom is -0.511 e. The van der Waals surface area contributed by atoms with Gasteiger partial charge in [-0.25, -0.2) is 14.8 Å². The third kappa shape index (κ3) is 1.38. The molecule has 0 spiro atoms. The first-order chi connectivity index (χ1) is 4.84. The Bertz CT molecular complexity index is 226. The number of hydrogen-bond donors (Lipinski definition) is 0. The highest BCUT2D eigenvalue weighted by molar-refractivity contribution is 6.08. The summed E-state index contributed by atoms with van der Waals surface area (Å²) in [6, 6.07) is 1.46. The number of nitrogens with zero attached hydrogens (tertiary/aromatic N) is 2. The lowest BCUT2D eigenvalue weighted by Gasteiger charge is -1.94. The number of carbonyl (C=O) groups is 1.